The van der Waals surface area contributed by atoms with Crippen LogP contribution < -0.4 is 10.5 Å². The van der Waals surface area contributed by atoms with Crippen molar-refractivity contribution >= 4 is 5.91 Å². The summed E-state index contributed by atoms with van der Waals surface area (Å²) in [6.45, 7) is 3.27. The van der Waals surface area contributed by atoms with Gasteiger partial charge in [-0.15, -0.1) is 6.42 Å². The molecular weight excluding hydrogens is 324 g/mol. The van der Waals surface area contributed by atoms with Gasteiger partial charge in [-0.1, -0.05) is 42.3 Å². The lowest BCUT2D eigenvalue weighted by atomic mass is 10.1. The van der Waals surface area contributed by atoms with Gasteiger partial charge in [-0.2, -0.15) is 0 Å². The molecule has 2 N–H and O–H groups in total. The van der Waals surface area contributed by atoms with Crippen LogP contribution in [0, 0.1) is 12.3 Å². The third-order valence-corrected chi connectivity index (χ3v) is 4.32. The van der Waals surface area contributed by atoms with Crippen molar-refractivity contribution < 1.29 is 9.53 Å². The number of likely N-dealkylation sites (N-methyl/N-ethyl adjacent to an activating group) is 1. The highest BCUT2D eigenvalue weighted by molar-refractivity contribution is 5.76. The van der Waals surface area contributed by atoms with Crippen LogP contribution in [-0.4, -0.2) is 30.4 Å². The van der Waals surface area contributed by atoms with E-state index in [4.69, 9.17) is 16.9 Å². The smallest absolute Gasteiger partial charge is 0.221 e. The number of hydrogen-bond acceptors (Lipinski definition) is 3. The van der Waals surface area contributed by atoms with Crippen LogP contribution in [0.1, 0.15) is 23.6 Å². The molecule has 0 saturated heterocycles. The lowest BCUT2D eigenvalue weighted by molar-refractivity contribution is -0.117. The van der Waals surface area contributed by atoms with Gasteiger partial charge in [-0.3, -0.25) is 9.69 Å². The molecule has 1 amide bonds. The lowest BCUT2D eigenvalue weighted by Gasteiger charge is -2.22. The van der Waals surface area contributed by atoms with E-state index in [1.807, 2.05) is 43.4 Å². The summed E-state index contributed by atoms with van der Waals surface area (Å²) in [5, 5.41) is 0. The number of rotatable bonds is 9. The van der Waals surface area contributed by atoms with E-state index in [-0.39, 0.29) is 12.3 Å². The second kappa shape index (κ2) is 9.65. The standard InChI is InChI=1S/C22H26N2O2/c1-4-12-24(3)17(2)13-18-8-10-21(11-9-18)26-16-20-7-5-6-19(14-20)15-22(23)25/h1,5-11,14,17H,12-13,15-16H2,2-3H3,(H2,23,25). The normalized spacial score (nSPS) is 11.8. The number of nitrogens with zero attached hydrogens (tertiary/aromatic N) is 1. The Labute approximate surface area is 156 Å². The Bertz CT molecular complexity index is 762. The highest BCUT2D eigenvalue weighted by atomic mass is 16.5. The van der Waals surface area contributed by atoms with Gasteiger partial charge in [0.1, 0.15) is 12.4 Å². The molecule has 26 heavy (non-hydrogen) atoms. The fraction of sp³-hybridized carbons (Fsp3) is 0.318. The molecule has 4 heteroatoms. The molecule has 0 aromatic heterocycles. The zero-order chi connectivity index (χ0) is 18.9. The van der Waals surface area contributed by atoms with Gasteiger partial charge in [-0.25, -0.2) is 0 Å². The molecular formula is C22H26N2O2. The molecule has 0 radical (unpaired) electrons. The number of nitrogens with two attached hydrogens (primary N) is 1. The Hall–Kier alpha value is -2.77. The fourth-order valence-electron chi connectivity index (χ4n) is 2.72. The molecule has 0 saturated carbocycles. The van der Waals surface area contributed by atoms with E-state index in [0.717, 1.165) is 23.3 Å². The van der Waals surface area contributed by atoms with Crippen LogP contribution in [0.5, 0.6) is 5.75 Å². The second-order valence-electron chi connectivity index (χ2n) is 6.57. The Morgan fingerprint density at radius 2 is 1.88 bits per heavy atom. The highest BCUT2D eigenvalue weighted by Gasteiger charge is 2.09. The number of terminal acetylenes is 1. The van der Waals surface area contributed by atoms with Gasteiger partial charge in [0.2, 0.25) is 5.91 Å². The Kier molecular flexibility index (Phi) is 7.25. The summed E-state index contributed by atoms with van der Waals surface area (Å²) in [7, 11) is 2.04. The lowest BCUT2D eigenvalue weighted by Crippen LogP contribution is -2.31. The number of carbonyl (C=O) groups is 1. The number of ether oxygens (including phenoxy) is 1. The molecule has 136 valence electrons. The van der Waals surface area contributed by atoms with Gasteiger partial charge in [0.05, 0.1) is 13.0 Å². The first kappa shape index (κ1) is 19.6. The van der Waals surface area contributed by atoms with E-state index in [1.165, 1.54) is 5.56 Å². The van der Waals surface area contributed by atoms with Gasteiger partial charge >= 0.3 is 0 Å². The molecule has 0 aliphatic heterocycles. The van der Waals surface area contributed by atoms with Crippen LogP contribution >= 0.6 is 0 Å². The van der Waals surface area contributed by atoms with E-state index >= 15 is 0 Å². The molecule has 1 unspecified atom stereocenters. The largest absolute Gasteiger partial charge is 0.489 e. The van der Waals surface area contributed by atoms with Crippen molar-refractivity contribution in [2.75, 3.05) is 13.6 Å². The van der Waals surface area contributed by atoms with E-state index in [1.54, 1.807) is 0 Å². The van der Waals surface area contributed by atoms with Crippen LogP contribution in [0.2, 0.25) is 0 Å². The SMILES string of the molecule is C#CCN(C)C(C)Cc1ccc(OCc2cccc(CC(N)=O)c2)cc1. The van der Waals surface area contributed by atoms with Gasteiger partial charge in [0.25, 0.3) is 0 Å². The first-order valence-electron chi connectivity index (χ1n) is 8.69. The summed E-state index contributed by atoms with van der Waals surface area (Å²) in [5.74, 6) is 3.16. The molecule has 0 heterocycles. The monoisotopic (exact) mass is 350 g/mol. The van der Waals surface area contributed by atoms with Crippen molar-refractivity contribution in [1.82, 2.24) is 4.90 Å². The topological polar surface area (TPSA) is 55.6 Å². The summed E-state index contributed by atoms with van der Waals surface area (Å²) in [4.78, 5) is 13.2. The average molecular weight is 350 g/mol. The predicted octanol–water partition coefficient (Wildman–Crippen LogP) is 2.79. The molecule has 0 fully saturated rings. The van der Waals surface area contributed by atoms with E-state index in [2.05, 4.69) is 29.9 Å². The maximum absolute atomic E-state index is 11.0. The summed E-state index contributed by atoms with van der Waals surface area (Å²) in [6, 6.07) is 16.2. The number of hydrogen-bond donors (Lipinski definition) is 1. The molecule has 2 aromatic rings. The Balaban J connectivity index is 1.89. The minimum atomic E-state index is -0.333. The van der Waals surface area contributed by atoms with Crippen LogP contribution in [0.25, 0.3) is 0 Å². The maximum Gasteiger partial charge on any atom is 0.221 e. The molecule has 0 aliphatic rings. The van der Waals surface area contributed by atoms with Crippen molar-refractivity contribution in [3.05, 3.63) is 65.2 Å². The first-order valence-corrected chi connectivity index (χ1v) is 8.69. The second-order valence-corrected chi connectivity index (χ2v) is 6.57. The van der Waals surface area contributed by atoms with Gasteiger partial charge < -0.3 is 10.5 Å². The van der Waals surface area contributed by atoms with Crippen LogP contribution in [0.4, 0.5) is 0 Å². The highest BCUT2D eigenvalue weighted by Crippen LogP contribution is 2.17. The molecule has 0 spiro atoms. The summed E-state index contributed by atoms with van der Waals surface area (Å²) in [6.07, 6.45) is 6.55. The van der Waals surface area contributed by atoms with E-state index in [9.17, 15) is 4.79 Å². The van der Waals surface area contributed by atoms with E-state index < -0.39 is 0 Å². The number of carbonyl (C=O) groups excluding carboxylic acids is 1. The number of benzene rings is 2. The molecule has 4 nitrogen and oxygen atoms in total. The van der Waals surface area contributed by atoms with E-state index in [0.29, 0.717) is 19.2 Å². The zero-order valence-corrected chi connectivity index (χ0v) is 15.4. The van der Waals surface area contributed by atoms with Crippen LogP contribution in [-0.2, 0) is 24.2 Å². The summed E-state index contributed by atoms with van der Waals surface area (Å²) in [5.41, 5.74) is 8.40. The Morgan fingerprint density at radius 3 is 2.54 bits per heavy atom. The summed E-state index contributed by atoms with van der Waals surface area (Å²) < 4.78 is 5.84. The minimum absolute atomic E-state index is 0.245. The molecule has 0 aliphatic carbocycles. The van der Waals surface area contributed by atoms with Gasteiger partial charge in [-0.05, 0) is 49.2 Å². The number of primary amides is 1. The van der Waals surface area contributed by atoms with Crippen molar-refractivity contribution in [2.24, 2.45) is 5.73 Å². The zero-order valence-electron chi connectivity index (χ0n) is 15.4. The van der Waals surface area contributed by atoms with Crippen molar-refractivity contribution in [3.8, 4) is 18.1 Å². The summed E-state index contributed by atoms with van der Waals surface area (Å²) >= 11 is 0. The number of amides is 1. The predicted molar refractivity (Wildman–Crippen MR) is 105 cm³/mol. The molecule has 2 aromatic carbocycles. The first-order chi connectivity index (χ1) is 12.5. The third-order valence-electron chi connectivity index (χ3n) is 4.32. The Morgan fingerprint density at radius 1 is 1.19 bits per heavy atom. The van der Waals surface area contributed by atoms with Crippen LogP contribution in [0.3, 0.4) is 0 Å². The molecule has 2 rings (SSSR count). The van der Waals surface area contributed by atoms with Crippen molar-refractivity contribution in [3.63, 3.8) is 0 Å². The third kappa shape index (κ3) is 6.27. The van der Waals surface area contributed by atoms with Crippen molar-refractivity contribution in [2.45, 2.75) is 32.4 Å². The van der Waals surface area contributed by atoms with Crippen molar-refractivity contribution in [1.29, 1.82) is 0 Å². The molecule has 1 atom stereocenters. The van der Waals surface area contributed by atoms with Gasteiger partial charge in [0, 0.05) is 6.04 Å². The average Bonchev–Trinajstić information content (AvgIpc) is 2.61. The minimum Gasteiger partial charge on any atom is -0.489 e. The maximum atomic E-state index is 11.0. The quantitative estimate of drug-likeness (QED) is 0.708. The molecule has 0 bridgehead atoms. The van der Waals surface area contributed by atoms with Gasteiger partial charge in [0.15, 0.2) is 0 Å². The fourth-order valence-corrected chi connectivity index (χ4v) is 2.72. The van der Waals surface area contributed by atoms with Crippen LogP contribution in [0.15, 0.2) is 48.5 Å².